The van der Waals surface area contributed by atoms with Crippen LogP contribution in [0.1, 0.15) is 79.0 Å². The first kappa shape index (κ1) is 27.8. The minimum Gasteiger partial charge on any atom is -0.478 e. The van der Waals surface area contributed by atoms with Crippen LogP contribution in [0.3, 0.4) is 0 Å². The molecule has 2 aromatic carbocycles. The third kappa shape index (κ3) is 4.66. The fourth-order valence-electron chi connectivity index (χ4n) is 7.99. The number of hydrogen-bond acceptors (Lipinski definition) is 7. The number of aromatic nitrogens is 2. The molecule has 2 saturated heterocycles. The second-order valence-corrected chi connectivity index (χ2v) is 14.9. The van der Waals surface area contributed by atoms with Crippen LogP contribution in [0.25, 0.3) is 21.5 Å². The van der Waals surface area contributed by atoms with E-state index in [-0.39, 0.29) is 11.1 Å². The zero-order valence-electron chi connectivity index (χ0n) is 23.7. The van der Waals surface area contributed by atoms with Crippen molar-refractivity contribution in [2.45, 2.75) is 82.0 Å². The van der Waals surface area contributed by atoms with Gasteiger partial charge in [0.05, 0.1) is 20.3 Å². The van der Waals surface area contributed by atoms with E-state index in [9.17, 15) is 14.3 Å². The summed E-state index contributed by atoms with van der Waals surface area (Å²) >= 11 is 14.6. The Morgan fingerprint density at radius 3 is 2.49 bits per heavy atom. The second kappa shape index (κ2) is 10.2. The van der Waals surface area contributed by atoms with Crippen LogP contribution in [0.4, 0.5) is 9.52 Å². The van der Waals surface area contributed by atoms with Crippen molar-refractivity contribution in [3.05, 3.63) is 63.1 Å². The van der Waals surface area contributed by atoms with Gasteiger partial charge in [0.15, 0.2) is 10.9 Å². The van der Waals surface area contributed by atoms with Gasteiger partial charge in [0.25, 0.3) is 0 Å². The van der Waals surface area contributed by atoms with Gasteiger partial charge in [0.1, 0.15) is 17.0 Å². The summed E-state index contributed by atoms with van der Waals surface area (Å²) in [5.74, 6) is -0.302. The number of fused-ring (bicyclic) bond motifs is 3. The molecule has 1 N–H and O–H groups in total. The zero-order chi connectivity index (χ0) is 29.6. The number of thiazole rings is 1. The fraction of sp³-hybridized carbons (Fsp3) is 0.469. The third-order valence-corrected chi connectivity index (χ3v) is 11.8. The molecule has 4 fully saturated rings. The highest BCUT2D eigenvalue weighted by Crippen LogP contribution is 2.58. The molecular formula is C32H31Cl2FN4O3S. The molecule has 2 saturated carbocycles. The molecule has 224 valence electrons. The van der Waals surface area contributed by atoms with E-state index in [1.807, 2.05) is 18.2 Å². The van der Waals surface area contributed by atoms with Crippen LogP contribution in [0.5, 0.6) is 0 Å². The van der Waals surface area contributed by atoms with Crippen molar-refractivity contribution in [1.82, 2.24) is 15.0 Å². The molecule has 0 amide bonds. The number of carboxylic acids is 1. The molecule has 0 radical (unpaired) electrons. The van der Waals surface area contributed by atoms with Gasteiger partial charge in [-0.1, -0.05) is 45.8 Å². The number of anilines is 1. The predicted molar refractivity (Wildman–Crippen MR) is 166 cm³/mol. The molecule has 0 unspecified atom stereocenters. The highest BCUT2D eigenvalue weighted by molar-refractivity contribution is 7.22. The molecule has 7 nitrogen and oxygen atoms in total. The average Bonchev–Trinajstić information content (AvgIpc) is 3.47. The molecule has 4 aliphatic rings. The minimum atomic E-state index is -1.13. The van der Waals surface area contributed by atoms with Crippen LogP contribution in [-0.4, -0.2) is 51.3 Å². The standard InChI is InChI=1S/C32H31Cl2FN4O3S/c1-38(15-21-27(37-42-29(21)16-5-6-16)26-22(33)3-2-4-23(26)34)20-13-32(14-20)11-18-7-8-19(12-32)39(18)31-36-28-24(35)9-17(30(40)41)10-25(28)43-31/h2-4,9-10,16,18-20H,5-8,11-15H2,1H3,(H,40,41)/t18-,19+,20?,32?. The largest absolute Gasteiger partial charge is 0.478 e. The number of nitrogens with zero attached hydrogens (tertiary/aromatic N) is 4. The summed E-state index contributed by atoms with van der Waals surface area (Å²) in [4.78, 5) is 21.0. The van der Waals surface area contributed by atoms with Crippen molar-refractivity contribution in [2.75, 3.05) is 11.9 Å². The maximum Gasteiger partial charge on any atom is 0.335 e. The van der Waals surface area contributed by atoms with Gasteiger partial charge in [-0.2, -0.15) is 0 Å². The van der Waals surface area contributed by atoms with Gasteiger partial charge in [-0.15, -0.1) is 0 Å². The molecule has 11 heteroatoms. The number of hydrogen-bond donors (Lipinski definition) is 1. The van der Waals surface area contributed by atoms with Gasteiger partial charge in [0, 0.05) is 41.7 Å². The Balaban J connectivity index is 0.986. The van der Waals surface area contributed by atoms with Crippen LogP contribution in [-0.2, 0) is 6.54 Å². The Bertz CT molecular complexity index is 1730. The minimum absolute atomic E-state index is 0.0389. The number of carboxylic acid groups (broad SMARTS) is 1. The van der Waals surface area contributed by atoms with Gasteiger partial charge < -0.3 is 14.5 Å². The maximum absolute atomic E-state index is 14.7. The number of carbonyl (C=O) groups is 1. The van der Waals surface area contributed by atoms with Gasteiger partial charge >= 0.3 is 5.97 Å². The fourth-order valence-corrected chi connectivity index (χ4v) is 9.73. The SMILES string of the molecule is CN(Cc1c(-c2c(Cl)cccc2Cl)noc1C1CC1)C1CC2(C1)C[C@H]1CC[C@@H](C2)N1c1nc2c(F)cc(C(=O)O)cc2s1. The van der Waals surface area contributed by atoms with Crippen LogP contribution >= 0.6 is 34.5 Å². The van der Waals surface area contributed by atoms with Crippen LogP contribution in [0.2, 0.25) is 10.0 Å². The molecule has 2 aliphatic heterocycles. The summed E-state index contributed by atoms with van der Waals surface area (Å²) < 4.78 is 21.2. The Hall–Kier alpha value is -2.72. The normalized spacial score (nSPS) is 26.5. The Labute approximate surface area is 262 Å². The van der Waals surface area contributed by atoms with E-state index in [2.05, 4.69) is 27.0 Å². The molecule has 43 heavy (non-hydrogen) atoms. The van der Waals surface area contributed by atoms with Gasteiger partial charge in [-0.25, -0.2) is 14.2 Å². The first-order valence-corrected chi connectivity index (χ1v) is 16.5. The van der Waals surface area contributed by atoms with E-state index < -0.39 is 11.8 Å². The summed E-state index contributed by atoms with van der Waals surface area (Å²) in [5, 5.41) is 15.8. The lowest BCUT2D eigenvalue weighted by molar-refractivity contribution is -0.0199. The summed E-state index contributed by atoms with van der Waals surface area (Å²) in [6.45, 7) is 0.738. The highest BCUT2D eigenvalue weighted by atomic mass is 35.5. The quantitative estimate of drug-likeness (QED) is 0.217. The second-order valence-electron chi connectivity index (χ2n) is 13.0. The van der Waals surface area contributed by atoms with E-state index in [0.29, 0.717) is 44.2 Å². The first-order valence-electron chi connectivity index (χ1n) is 14.9. The van der Waals surface area contributed by atoms with Crippen LogP contribution in [0, 0.1) is 11.2 Å². The van der Waals surface area contributed by atoms with Gasteiger partial charge in [0.2, 0.25) is 0 Å². The summed E-state index contributed by atoms with van der Waals surface area (Å²) in [6, 6.07) is 9.36. The van der Waals surface area contributed by atoms with E-state index >= 15 is 0 Å². The number of aromatic carboxylic acids is 1. The Morgan fingerprint density at radius 2 is 1.84 bits per heavy atom. The van der Waals surface area contributed by atoms with E-state index in [1.165, 1.54) is 17.4 Å². The number of halogens is 3. The van der Waals surface area contributed by atoms with E-state index in [0.717, 1.165) is 91.7 Å². The molecule has 2 aromatic heterocycles. The smallest absolute Gasteiger partial charge is 0.335 e. The molecular weight excluding hydrogens is 610 g/mol. The van der Waals surface area contributed by atoms with Crippen molar-refractivity contribution in [1.29, 1.82) is 0 Å². The van der Waals surface area contributed by atoms with E-state index in [4.69, 9.17) is 27.7 Å². The first-order chi connectivity index (χ1) is 20.7. The van der Waals surface area contributed by atoms with Crippen molar-refractivity contribution in [2.24, 2.45) is 5.41 Å². The van der Waals surface area contributed by atoms with Crippen molar-refractivity contribution >= 4 is 55.9 Å². The zero-order valence-corrected chi connectivity index (χ0v) is 26.0. The summed E-state index contributed by atoms with van der Waals surface area (Å²) in [7, 11) is 2.20. The lowest BCUT2D eigenvalue weighted by atomic mass is 9.58. The van der Waals surface area contributed by atoms with Crippen molar-refractivity contribution < 1.29 is 18.8 Å². The lowest BCUT2D eigenvalue weighted by Crippen LogP contribution is -2.57. The van der Waals surface area contributed by atoms with Crippen molar-refractivity contribution in [3.63, 3.8) is 0 Å². The lowest BCUT2D eigenvalue weighted by Gasteiger charge is -2.57. The molecule has 4 heterocycles. The maximum atomic E-state index is 14.7. The Morgan fingerprint density at radius 1 is 1.14 bits per heavy atom. The number of benzene rings is 2. The predicted octanol–water partition coefficient (Wildman–Crippen LogP) is 8.38. The van der Waals surface area contributed by atoms with Crippen molar-refractivity contribution in [3.8, 4) is 11.3 Å². The number of piperidine rings is 1. The molecule has 2 atom stereocenters. The molecule has 8 rings (SSSR count). The van der Waals surface area contributed by atoms with Crippen LogP contribution < -0.4 is 4.90 Å². The molecule has 4 aromatic rings. The molecule has 2 aliphatic carbocycles. The van der Waals surface area contributed by atoms with E-state index in [1.54, 1.807) is 0 Å². The third-order valence-electron chi connectivity index (χ3n) is 10.2. The average molecular weight is 642 g/mol. The van der Waals surface area contributed by atoms with Gasteiger partial charge in [-0.05, 0) is 88.1 Å². The number of rotatable bonds is 7. The Kier molecular flexibility index (Phi) is 6.57. The molecule has 2 bridgehead atoms. The topological polar surface area (TPSA) is 82.7 Å². The summed E-state index contributed by atoms with van der Waals surface area (Å²) in [5.41, 5.74) is 3.14. The summed E-state index contributed by atoms with van der Waals surface area (Å²) in [6.07, 6.45) is 8.96. The highest BCUT2D eigenvalue weighted by Gasteiger charge is 2.55. The van der Waals surface area contributed by atoms with Gasteiger partial charge in [-0.3, -0.25) is 4.90 Å². The molecule has 1 spiro atoms. The monoisotopic (exact) mass is 640 g/mol. The van der Waals surface area contributed by atoms with Crippen LogP contribution in [0.15, 0.2) is 34.9 Å².